The highest BCUT2D eigenvalue weighted by atomic mass is 32.2. The number of anilines is 1. The fourth-order valence-electron chi connectivity index (χ4n) is 2.73. The molecular formula is C22H14N2O5S. The molecule has 0 aliphatic heterocycles. The summed E-state index contributed by atoms with van der Waals surface area (Å²) in [6, 6.07) is 15.9. The van der Waals surface area contributed by atoms with Crippen molar-refractivity contribution >= 4 is 32.6 Å². The Bertz CT molecular complexity index is 1410. The van der Waals surface area contributed by atoms with Crippen molar-refractivity contribution in [1.82, 2.24) is 4.98 Å². The van der Waals surface area contributed by atoms with E-state index in [9.17, 15) is 13.2 Å². The minimum absolute atomic E-state index is 0.0803. The van der Waals surface area contributed by atoms with E-state index in [2.05, 4.69) is 21.5 Å². The summed E-state index contributed by atoms with van der Waals surface area (Å²) >= 11 is 0. The van der Waals surface area contributed by atoms with Gasteiger partial charge in [0.15, 0.2) is 0 Å². The maximum absolute atomic E-state index is 12.8. The van der Waals surface area contributed by atoms with E-state index in [0.29, 0.717) is 27.8 Å². The number of nitrogens with zero attached hydrogens (tertiary/aromatic N) is 1. The third-order valence-corrected chi connectivity index (χ3v) is 5.59. The van der Waals surface area contributed by atoms with Crippen LogP contribution in [0.3, 0.4) is 0 Å². The molecule has 0 saturated carbocycles. The average molecular weight is 418 g/mol. The number of sulfonamides is 1. The molecule has 0 spiro atoms. The number of carbonyl (C=O) groups is 1. The largest absolute Gasteiger partial charge is 0.477 e. The number of furan rings is 1. The number of hydrogen-bond donors (Lipinski definition) is 2. The van der Waals surface area contributed by atoms with Crippen LogP contribution in [0.1, 0.15) is 21.6 Å². The van der Waals surface area contributed by atoms with Crippen LogP contribution in [0.25, 0.3) is 11.0 Å². The lowest BCUT2D eigenvalue weighted by Gasteiger charge is -2.10. The van der Waals surface area contributed by atoms with Gasteiger partial charge in [-0.25, -0.2) is 18.2 Å². The molecule has 2 aromatic carbocycles. The van der Waals surface area contributed by atoms with E-state index in [0.717, 1.165) is 0 Å². The summed E-state index contributed by atoms with van der Waals surface area (Å²) in [6.07, 6.45) is 2.85. The predicted molar refractivity (Wildman–Crippen MR) is 111 cm³/mol. The molecule has 0 fully saturated rings. The number of carboxylic acids is 1. The highest BCUT2D eigenvalue weighted by Gasteiger charge is 2.16. The van der Waals surface area contributed by atoms with E-state index < -0.39 is 16.0 Å². The monoisotopic (exact) mass is 418 g/mol. The first kappa shape index (κ1) is 19.2. The van der Waals surface area contributed by atoms with Crippen molar-refractivity contribution in [2.75, 3.05) is 4.72 Å². The lowest BCUT2D eigenvalue weighted by Crippen LogP contribution is -2.13. The van der Waals surface area contributed by atoms with Crippen molar-refractivity contribution in [2.45, 2.75) is 4.90 Å². The summed E-state index contributed by atoms with van der Waals surface area (Å²) in [6.45, 7) is 0. The van der Waals surface area contributed by atoms with Gasteiger partial charge in [-0.05, 0) is 48.5 Å². The van der Waals surface area contributed by atoms with Crippen LogP contribution in [0.4, 0.5) is 5.69 Å². The molecule has 0 amide bonds. The van der Waals surface area contributed by atoms with Crippen molar-refractivity contribution in [3.63, 3.8) is 0 Å². The van der Waals surface area contributed by atoms with Gasteiger partial charge in [0.25, 0.3) is 10.0 Å². The molecule has 4 aromatic rings. The van der Waals surface area contributed by atoms with E-state index in [4.69, 9.17) is 9.52 Å². The smallest absolute Gasteiger partial charge is 0.354 e. The number of fused-ring (bicyclic) bond motifs is 1. The average Bonchev–Trinajstić information content (AvgIpc) is 3.21. The highest BCUT2D eigenvalue weighted by Crippen LogP contribution is 2.23. The number of hydrogen-bond acceptors (Lipinski definition) is 5. The van der Waals surface area contributed by atoms with Gasteiger partial charge in [0, 0.05) is 22.7 Å². The minimum atomic E-state index is -3.84. The van der Waals surface area contributed by atoms with Gasteiger partial charge in [0.2, 0.25) is 0 Å². The molecule has 4 rings (SSSR count). The lowest BCUT2D eigenvalue weighted by atomic mass is 10.1. The summed E-state index contributed by atoms with van der Waals surface area (Å²) in [4.78, 5) is 14.8. The molecule has 7 nitrogen and oxygen atoms in total. The second-order valence-electron chi connectivity index (χ2n) is 6.26. The number of carboxylic acid groups (broad SMARTS) is 1. The number of rotatable bonds is 4. The predicted octanol–water partition coefficient (Wildman–Crippen LogP) is 3.73. The number of benzene rings is 2. The zero-order valence-corrected chi connectivity index (χ0v) is 16.2. The third kappa shape index (κ3) is 4.01. The van der Waals surface area contributed by atoms with Gasteiger partial charge in [0.1, 0.15) is 11.3 Å². The van der Waals surface area contributed by atoms with Crippen molar-refractivity contribution in [2.24, 2.45) is 0 Å². The first-order valence-corrected chi connectivity index (χ1v) is 10.2. The van der Waals surface area contributed by atoms with Gasteiger partial charge in [-0.3, -0.25) is 4.72 Å². The standard InChI is InChI=1S/C22H14N2O5S/c25-22(26)20-9-6-15(14-23-20)5-7-16-3-1-2-4-19(16)24-30(27,28)18-8-10-21-17(13-18)11-12-29-21/h1-4,6,8-14,24H,(H,25,26). The van der Waals surface area contributed by atoms with Crippen LogP contribution < -0.4 is 4.72 Å². The van der Waals surface area contributed by atoms with E-state index in [1.54, 1.807) is 36.4 Å². The number of pyridine rings is 1. The van der Waals surface area contributed by atoms with Gasteiger partial charge in [-0.15, -0.1) is 0 Å². The van der Waals surface area contributed by atoms with Gasteiger partial charge < -0.3 is 9.52 Å². The van der Waals surface area contributed by atoms with Crippen LogP contribution in [0.2, 0.25) is 0 Å². The normalized spacial score (nSPS) is 10.9. The molecule has 2 heterocycles. The third-order valence-electron chi connectivity index (χ3n) is 4.23. The molecular weight excluding hydrogens is 404 g/mol. The second-order valence-corrected chi connectivity index (χ2v) is 7.94. The topological polar surface area (TPSA) is 110 Å². The van der Waals surface area contributed by atoms with Gasteiger partial charge in [-0.2, -0.15) is 0 Å². The summed E-state index contributed by atoms with van der Waals surface area (Å²) in [5.74, 6) is 4.64. The molecule has 30 heavy (non-hydrogen) atoms. The Balaban J connectivity index is 1.62. The molecule has 8 heteroatoms. The molecule has 0 saturated heterocycles. The minimum Gasteiger partial charge on any atom is -0.477 e. The molecule has 0 bridgehead atoms. The van der Waals surface area contributed by atoms with Gasteiger partial charge in [0.05, 0.1) is 16.8 Å². The zero-order valence-electron chi connectivity index (χ0n) is 15.4. The lowest BCUT2D eigenvalue weighted by molar-refractivity contribution is 0.0690. The summed E-state index contributed by atoms with van der Waals surface area (Å²) < 4.78 is 33.5. The maximum Gasteiger partial charge on any atom is 0.354 e. The van der Waals surface area contributed by atoms with Crippen molar-refractivity contribution < 1.29 is 22.7 Å². The Morgan fingerprint density at radius 2 is 1.87 bits per heavy atom. The molecule has 0 atom stereocenters. The Labute approximate surface area is 172 Å². The Morgan fingerprint density at radius 3 is 2.63 bits per heavy atom. The van der Waals surface area contributed by atoms with Gasteiger partial charge in [-0.1, -0.05) is 24.0 Å². The fraction of sp³-hybridized carbons (Fsp3) is 0. The molecule has 148 valence electrons. The molecule has 2 N–H and O–H groups in total. The van der Waals surface area contributed by atoms with Crippen molar-refractivity contribution in [1.29, 1.82) is 0 Å². The second kappa shape index (κ2) is 7.73. The van der Waals surface area contributed by atoms with Crippen LogP contribution in [0.5, 0.6) is 0 Å². The van der Waals surface area contributed by atoms with E-state index in [1.165, 1.54) is 36.7 Å². The Kier molecular flexibility index (Phi) is 4.96. The number of para-hydroxylation sites is 1. The Hall–Kier alpha value is -4.09. The molecule has 0 unspecified atom stereocenters. The first-order valence-electron chi connectivity index (χ1n) is 8.73. The van der Waals surface area contributed by atoms with Crippen LogP contribution in [0, 0.1) is 11.8 Å². The highest BCUT2D eigenvalue weighted by molar-refractivity contribution is 7.92. The van der Waals surface area contributed by atoms with Crippen LogP contribution >= 0.6 is 0 Å². The van der Waals surface area contributed by atoms with Crippen molar-refractivity contribution in [3.8, 4) is 11.8 Å². The van der Waals surface area contributed by atoms with Crippen molar-refractivity contribution in [3.05, 3.63) is 89.9 Å². The summed E-state index contributed by atoms with van der Waals surface area (Å²) in [5.41, 5.74) is 1.81. The molecule has 0 radical (unpaired) electrons. The zero-order chi connectivity index (χ0) is 21.1. The van der Waals surface area contributed by atoms with Crippen LogP contribution in [0.15, 0.2) is 82.4 Å². The molecule has 0 aliphatic carbocycles. The van der Waals surface area contributed by atoms with Gasteiger partial charge >= 0.3 is 5.97 Å². The molecule has 0 aliphatic rings. The van der Waals surface area contributed by atoms with Crippen LogP contribution in [-0.2, 0) is 10.0 Å². The first-order chi connectivity index (χ1) is 14.4. The van der Waals surface area contributed by atoms with E-state index >= 15 is 0 Å². The fourth-order valence-corrected chi connectivity index (χ4v) is 3.85. The maximum atomic E-state index is 12.8. The number of nitrogens with one attached hydrogen (secondary N) is 1. The van der Waals surface area contributed by atoms with E-state index in [-0.39, 0.29) is 10.6 Å². The van der Waals surface area contributed by atoms with E-state index in [1.807, 2.05) is 0 Å². The van der Waals surface area contributed by atoms with Crippen LogP contribution in [-0.4, -0.2) is 24.5 Å². The summed E-state index contributed by atoms with van der Waals surface area (Å²) in [7, 11) is -3.84. The quantitative estimate of drug-likeness (QED) is 0.489. The number of aromatic carboxylic acids is 1. The molecule has 2 aromatic heterocycles. The number of aromatic nitrogens is 1. The Morgan fingerprint density at radius 1 is 1.03 bits per heavy atom. The SMILES string of the molecule is O=C(O)c1ccc(C#Cc2ccccc2NS(=O)(=O)c2ccc3occc3c2)cn1. The summed E-state index contributed by atoms with van der Waals surface area (Å²) in [5, 5.41) is 9.58.